The number of hydrogen-bond donors (Lipinski definition) is 1. The van der Waals surface area contributed by atoms with Crippen LogP contribution in [0.4, 0.5) is 5.69 Å². The molecule has 0 aromatic heterocycles. The number of para-hydroxylation sites is 1. The van der Waals surface area contributed by atoms with Gasteiger partial charge in [0.25, 0.3) is 0 Å². The van der Waals surface area contributed by atoms with Gasteiger partial charge in [0.2, 0.25) is 6.34 Å². The molecule has 0 aliphatic carbocycles. The van der Waals surface area contributed by atoms with Gasteiger partial charge in [-0.1, -0.05) is 96.6 Å². The van der Waals surface area contributed by atoms with Crippen LogP contribution in [0, 0.1) is 20.8 Å². The largest absolute Gasteiger partial charge is 0.508 e. The molecule has 2 atom stereocenters. The molecule has 1 N–H and O–H groups in total. The third kappa shape index (κ3) is 4.10. The van der Waals surface area contributed by atoms with Crippen molar-refractivity contribution >= 4 is 12.0 Å². The Morgan fingerprint density at radius 3 is 1.91 bits per heavy atom. The van der Waals surface area contributed by atoms with Crippen molar-refractivity contribution in [1.82, 2.24) is 0 Å². The van der Waals surface area contributed by atoms with Crippen molar-refractivity contribution in [1.29, 1.82) is 0 Å². The summed E-state index contributed by atoms with van der Waals surface area (Å²) < 4.78 is 2.38. The van der Waals surface area contributed by atoms with Gasteiger partial charge < -0.3 is 5.11 Å². The van der Waals surface area contributed by atoms with Crippen LogP contribution in [-0.4, -0.2) is 16.0 Å². The maximum atomic E-state index is 10.6. The lowest BCUT2D eigenvalue weighted by Crippen LogP contribution is -2.27. The molecule has 4 aromatic rings. The van der Waals surface area contributed by atoms with E-state index < -0.39 is 0 Å². The number of benzene rings is 4. The third-order valence-corrected chi connectivity index (χ3v) is 6.75. The van der Waals surface area contributed by atoms with Gasteiger partial charge in [0.1, 0.15) is 18.0 Å². The molecule has 0 amide bonds. The zero-order chi connectivity index (χ0) is 23.7. The maximum absolute atomic E-state index is 10.6. The van der Waals surface area contributed by atoms with E-state index in [9.17, 15) is 5.11 Å². The first-order valence-corrected chi connectivity index (χ1v) is 11.9. The minimum Gasteiger partial charge on any atom is -0.508 e. The van der Waals surface area contributed by atoms with Crippen molar-refractivity contribution < 1.29 is 9.68 Å². The molecule has 0 saturated heterocycles. The fourth-order valence-electron chi connectivity index (χ4n) is 5.41. The predicted octanol–water partition coefficient (Wildman–Crippen LogP) is 6.86. The summed E-state index contributed by atoms with van der Waals surface area (Å²) in [7, 11) is 0. The lowest BCUT2D eigenvalue weighted by Gasteiger charge is -2.26. The highest BCUT2D eigenvalue weighted by Crippen LogP contribution is 2.44. The van der Waals surface area contributed by atoms with Crippen molar-refractivity contribution in [3.05, 3.63) is 130 Å². The van der Waals surface area contributed by atoms with Gasteiger partial charge in [-0.05, 0) is 38.0 Å². The standard InChI is InChI=1S/C31H30N2O/c1-22-18-23(2)29(24(3)19-22)33-21-32(20-27-16-10-11-17-28(27)34)30(25-12-6-4-7-13-25)31(33)26-14-8-5-9-15-26/h4-19,21,30-31H,20H2,1-3H3/p+1/t30-,31-/m1/s1. The van der Waals surface area contributed by atoms with Crippen molar-refractivity contribution in [3.8, 4) is 5.75 Å². The van der Waals surface area contributed by atoms with Gasteiger partial charge in [0.15, 0.2) is 12.1 Å². The Balaban J connectivity index is 1.71. The number of phenolic OH excluding ortho intramolecular Hbond substituents is 1. The molecule has 0 bridgehead atoms. The highest BCUT2D eigenvalue weighted by Gasteiger charge is 2.45. The molecule has 1 heterocycles. The summed E-state index contributed by atoms with van der Waals surface area (Å²) in [6, 6.07) is 33.8. The van der Waals surface area contributed by atoms with E-state index in [1.54, 1.807) is 6.07 Å². The van der Waals surface area contributed by atoms with Crippen molar-refractivity contribution in [2.75, 3.05) is 4.90 Å². The molecular formula is C31H31N2O+. The van der Waals surface area contributed by atoms with Gasteiger partial charge in [-0.2, -0.15) is 0 Å². The maximum Gasteiger partial charge on any atom is 0.240 e. The van der Waals surface area contributed by atoms with E-state index in [2.05, 4.69) is 109 Å². The molecule has 34 heavy (non-hydrogen) atoms. The van der Waals surface area contributed by atoms with Crippen LogP contribution >= 0.6 is 0 Å². The zero-order valence-electron chi connectivity index (χ0n) is 20.0. The second-order valence-corrected chi connectivity index (χ2v) is 9.28. The van der Waals surface area contributed by atoms with Gasteiger partial charge in [-0.25, -0.2) is 4.90 Å². The number of nitrogens with zero attached hydrogens (tertiary/aromatic N) is 2. The average Bonchev–Trinajstić information content (AvgIpc) is 3.19. The van der Waals surface area contributed by atoms with E-state index in [1.165, 1.54) is 33.5 Å². The summed E-state index contributed by atoms with van der Waals surface area (Å²) in [6.45, 7) is 7.18. The Bertz CT molecular complexity index is 1310. The number of aromatic hydroxyl groups is 1. The van der Waals surface area contributed by atoms with Crippen molar-refractivity contribution in [3.63, 3.8) is 0 Å². The molecule has 170 valence electrons. The van der Waals surface area contributed by atoms with Crippen LogP contribution < -0.4 is 4.90 Å². The van der Waals surface area contributed by atoms with Crippen LogP contribution in [-0.2, 0) is 6.54 Å². The average molecular weight is 448 g/mol. The molecule has 0 spiro atoms. The summed E-state index contributed by atoms with van der Waals surface area (Å²) in [4.78, 5) is 2.44. The Labute approximate surface area is 202 Å². The number of hydrogen-bond acceptors (Lipinski definition) is 2. The van der Waals surface area contributed by atoms with Crippen LogP contribution in [0.15, 0.2) is 97.1 Å². The Kier molecular flexibility index (Phi) is 5.93. The van der Waals surface area contributed by atoms with Gasteiger partial charge in [0, 0.05) is 16.7 Å². The highest BCUT2D eigenvalue weighted by atomic mass is 16.3. The molecule has 5 rings (SSSR count). The Morgan fingerprint density at radius 1 is 0.735 bits per heavy atom. The smallest absolute Gasteiger partial charge is 0.240 e. The molecule has 0 saturated carbocycles. The minimum atomic E-state index is 0.0864. The summed E-state index contributed by atoms with van der Waals surface area (Å²) in [5, 5.41) is 10.6. The van der Waals surface area contributed by atoms with Gasteiger partial charge in [0.05, 0.1) is 0 Å². The number of aryl methyl sites for hydroxylation is 3. The van der Waals surface area contributed by atoms with E-state index in [0.29, 0.717) is 12.3 Å². The first-order valence-electron chi connectivity index (χ1n) is 11.9. The van der Waals surface area contributed by atoms with Crippen molar-refractivity contribution in [2.45, 2.75) is 39.4 Å². The normalized spacial score (nSPS) is 17.6. The number of anilines is 1. The molecule has 1 aliphatic heterocycles. The molecular weight excluding hydrogens is 416 g/mol. The van der Waals surface area contributed by atoms with Crippen LogP contribution in [0.2, 0.25) is 0 Å². The summed E-state index contributed by atoms with van der Waals surface area (Å²) in [6.07, 6.45) is 2.26. The summed E-state index contributed by atoms with van der Waals surface area (Å²) in [5.41, 5.74) is 8.52. The third-order valence-electron chi connectivity index (χ3n) is 6.75. The summed E-state index contributed by atoms with van der Waals surface area (Å²) >= 11 is 0. The fourth-order valence-corrected chi connectivity index (χ4v) is 5.41. The first kappa shape index (κ1) is 22.0. The molecule has 3 nitrogen and oxygen atoms in total. The monoisotopic (exact) mass is 447 g/mol. The lowest BCUT2D eigenvalue weighted by molar-refractivity contribution is -0.578. The SMILES string of the molecule is Cc1cc(C)c(N2C=[N+](Cc3ccccc3O)[C@H](c3ccccc3)[C@H]2c2ccccc2)c(C)c1. The molecule has 3 heteroatoms. The molecule has 0 fully saturated rings. The van der Waals surface area contributed by atoms with E-state index >= 15 is 0 Å². The van der Waals surface area contributed by atoms with Gasteiger partial charge in [-0.3, -0.25) is 4.58 Å². The van der Waals surface area contributed by atoms with Gasteiger partial charge >= 0.3 is 0 Å². The predicted molar refractivity (Wildman–Crippen MR) is 140 cm³/mol. The lowest BCUT2D eigenvalue weighted by atomic mass is 9.91. The Hall–Kier alpha value is -3.85. The second kappa shape index (κ2) is 9.18. The second-order valence-electron chi connectivity index (χ2n) is 9.28. The van der Waals surface area contributed by atoms with Gasteiger partial charge in [-0.15, -0.1) is 0 Å². The van der Waals surface area contributed by atoms with E-state index in [1.807, 2.05) is 18.2 Å². The molecule has 4 aromatic carbocycles. The van der Waals surface area contributed by atoms with Crippen LogP contribution in [0.1, 0.15) is 45.5 Å². The van der Waals surface area contributed by atoms with Crippen LogP contribution in [0.3, 0.4) is 0 Å². The molecule has 0 radical (unpaired) electrons. The fraction of sp³-hybridized carbons (Fsp3) is 0.194. The molecule has 0 unspecified atom stereocenters. The zero-order valence-corrected chi connectivity index (χ0v) is 20.0. The van der Waals surface area contributed by atoms with Crippen molar-refractivity contribution in [2.24, 2.45) is 0 Å². The van der Waals surface area contributed by atoms with Crippen LogP contribution in [0.25, 0.3) is 0 Å². The van der Waals surface area contributed by atoms with E-state index in [4.69, 9.17) is 0 Å². The highest BCUT2D eigenvalue weighted by molar-refractivity contribution is 5.83. The topological polar surface area (TPSA) is 26.5 Å². The molecule has 1 aliphatic rings. The number of phenols is 1. The minimum absolute atomic E-state index is 0.0864. The summed E-state index contributed by atoms with van der Waals surface area (Å²) in [5.74, 6) is 0.333. The van der Waals surface area contributed by atoms with E-state index in [0.717, 1.165) is 5.56 Å². The first-order chi connectivity index (χ1) is 16.5. The Morgan fingerprint density at radius 2 is 1.29 bits per heavy atom. The van der Waals surface area contributed by atoms with Crippen LogP contribution in [0.5, 0.6) is 5.75 Å². The van der Waals surface area contributed by atoms with E-state index in [-0.39, 0.29) is 12.1 Å². The number of rotatable bonds is 5. The quantitative estimate of drug-likeness (QED) is 0.338.